The van der Waals surface area contributed by atoms with Crippen LogP contribution in [0.3, 0.4) is 0 Å². The molecule has 0 aliphatic carbocycles. The average molecular weight is 361 g/mol. The lowest BCUT2D eigenvalue weighted by molar-refractivity contribution is -0.119. The smallest absolute Gasteiger partial charge is 0.321 e. The van der Waals surface area contributed by atoms with E-state index < -0.39 is 11.3 Å². The second-order valence-corrected chi connectivity index (χ2v) is 6.72. The Morgan fingerprint density at radius 3 is 2.56 bits per heavy atom. The zero-order chi connectivity index (χ0) is 18.2. The van der Waals surface area contributed by atoms with Crippen molar-refractivity contribution in [2.75, 3.05) is 6.54 Å². The number of carbonyl (C=O) groups is 2. The van der Waals surface area contributed by atoms with Gasteiger partial charge < -0.3 is 9.88 Å². The highest BCUT2D eigenvalue weighted by molar-refractivity contribution is 8.00. The van der Waals surface area contributed by atoms with Crippen LogP contribution in [0.4, 0.5) is 4.79 Å². The molecular weight excluding hydrogens is 338 g/mol. The molecule has 134 valence electrons. The van der Waals surface area contributed by atoms with Crippen molar-refractivity contribution in [2.45, 2.75) is 44.1 Å². The van der Waals surface area contributed by atoms with Gasteiger partial charge in [0, 0.05) is 19.5 Å². The first-order valence-electron chi connectivity index (χ1n) is 8.26. The van der Waals surface area contributed by atoms with Gasteiger partial charge in [0.15, 0.2) is 5.16 Å². The minimum absolute atomic E-state index is 0.355. The summed E-state index contributed by atoms with van der Waals surface area (Å²) in [5.41, 5.74) is 1.16. The first-order chi connectivity index (χ1) is 12.0. The molecule has 3 amide bonds. The van der Waals surface area contributed by atoms with Gasteiger partial charge in [-0.2, -0.15) is 0 Å². The molecule has 1 atom stereocenters. The normalized spacial score (nSPS) is 11.8. The van der Waals surface area contributed by atoms with Crippen LogP contribution in [0, 0.1) is 0 Å². The first-order valence-corrected chi connectivity index (χ1v) is 9.14. The molecule has 0 saturated heterocycles. The van der Waals surface area contributed by atoms with Crippen LogP contribution in [-0.2, 0) is 17.8 Å². The number of carbonyl (C=O) groups excluding carboxylic acids is 2. The highest BCUT2D eigenvalue weighted by Crippen LogP contribution is 2.23. The number of hydrogen-bond donors (Lipinski definition) is 2. The van der Waals surface area contributed by atoms with Gasteiger partial charge in [-0.1, -0.05) is 42.1 Å². The van der Waals surface area contributed by atoms with Gasteiger partial charge >= 0.3 is 6.03 Å². The summed E-state index contributed by atoms with van der Waals surface area (Å²) >= 11 is 1.29. The van der Waals surface area contributed by atoms with Gasteiger partial charge in [0.25, 0.3) is 0 Å². The molecule has 8 heteroatoms. The predicted octanol–water partition coefficient (Wildman–Crippen LogP) is 2.22. The fourth-order valence-electron chi connectivity index (χ4n) is 2.26. The zero-order valence-corrected chi connectivity index (χ0v) is 15.5. The summed E-state index contributed by atoms with van der Waals surface area (Å²) in [6.45, 7) is 6.72. The maximum atomic E-state index is 12.1. The lowest BCUT2D eigenvalue weighted by atomic mass is 10.1. The van der Waals surface area contributed by atoms with E-state index >= 15 is 0 Å². The molecule has 2 N–H and O–H groups in total. The number of aromatic nitrogens is 3. The van der Waals surface area contributed by atoms with Crippen molar-refractivity contribution in [1.29, 1.82) is 0 Å². The summed E-state index contributed by atoms with van der Waals surface area (Å²) in [4.78, 5) is 23.5. The van der Waals surface area contributed by atoms with Crippen molar-refractivity contribution in [3.05, 3.63) is 41.7 Å². The minimum atomic E-state index is -0.485. The molecule has 1 unspecified atom stereocenters. The number of thioether (sulfide) groups is 1. The van der Waals surface area contributed by atoms with E-state index in [0.717, 1.165) is 11.4 Å². The fraction of sp³-hybridized carbons (Fsp3) is 0.412. The average Bonchev–Trinajstić information content (AvgIpc) is 2.97. The lowest BCUT2D eigenvalue weighted by Crippen LogP contribution is -2.42. The highest BCUT2D eigenvalue weighted by Gasteiger charge is 2.21. The van der Waals surface area contributed by atoms with E-state index in [1.165, 1.54) is 11.8 Å². The molecule has 0 fully saturated rings. The zero-order valence-electron chi connectivity index (χ0n) is 14.7. The topological polar surface area (TPSA) is 88.9 Å². The van der Waals surface area contributed by atoms with E-state index in [-0.39, 0.29) is 5.91 Å². The number of nitrogens with zero attached hydrogens (tertiary/aromatic N) is 3. The Labute approximate surface area is 151 Å². The second kappa shape index (κ2) is 9.22. The molecule has 1 aromatic carbocycles. The molecule has 0 aliphatic rings. The number of hydrogen-bond acceptors (Lipinski definition) is 5. The Balaban J connectivity index is 2.04. The van der Waals surface area contributed by atoms with Gasteiger partial charge in [-0.3, -0.25) is 10.1 Å². The van der Waals surface area contributed by atoms with Gasteiger partial charge in [-0.05, 0) is 26.3 Å². The van der Waals surface area contributed by atoms with E-state index in [4.69, 9.17) is 0 Å². The third kappa shape index (κ3) is 5.32. The Kier molecular flexibility index (Phi) is 7.00. The van der Waals surface area contributed by atoms with Gasteiger partial charge in [-0.15, -0.1) is 10.2 Å². The maximum absolute atomic E-state index is 12.1. The van der Waals surface area contributed by atoms with Crippen LogP contribution in [0.1, 0.15) is 32.2 Å². The van der Waals surface area contributed by atoms with Crippen LogP contribution in [0.25, 0.3) is 0 Å². The van der Waals surface area contributed by atoms with Crippen LogP contribution in [0.15, 0.2) is 35.5 Å². The molecule has 25 heavy (non-hydrogen) atoms. The van der Waals surface area contributed by atoms with E-state index in [0.29, 0.717) is 24.7 Å². The first kappa shape index (κ1) is 19.0. The van der Waals surface area contributed by atoms with Crippen molar-refractivity contribution >= 4 is 23.7 Å². The maximum Gasteiger partial charge on any atom is 0.321 e. The number of nitrogens with one attached hydrogen (secondary N) is 2. The Morgan fingerprint density at radius 1 is 1.20 bits per heavy atom. The van der Waals surface area contributed by atoms with Crippen molar-refractivity contribution in [1.82, 2.24) is 25.4 Å². The van der Waals surface area contributed by atoms with Crippen molar-refractivity contribution in [3.63, 3.8) is 0 Å². The number of imide groups is 1. The number of urea groups is 1. The molecule has 2 aromatic rings. The lowest BCUT2D eigenvalue weighted by Gasteiger charge is -2.12. The quantitative estimate of drug-likeness (QED) is 0.738. The minimum Gasteiger partial charge on any atom is -0.338 e. The predicted molar refractivity (Wildman–Crippen MR) is 97.5 cm³/mol. The summed E-state index contributed by atoms with van der Waals surface area (Å²) in [6.07, 6.45) is 0.682. The van der Waals surface area contributed by atoms with Crippen LogP contribution in [0.2, 0.25) is 0 Å². The summed E-state index contributed by atoms with van der Waals surface area (Å²) in [5.74, 6) is 0.499. The third-order valence-electron chi connectivity index (χ3n) is 3.54. The number of benzene rings is 1. The van der Waals surface area contributed by atoms with Gasteiger partial charge in [0.1, 0.15) is 5.82 Å². The molecule has 0 radical (unpaired) electrons. The summed E-state index contributed by atoms with van der Waals surface area (Å²) < 4.78 is 1.99. The summed E-state index contributed by atoms with van der Waals surface area (Å²) in [7, 11) is 0. The molecule has 0 spiro atoms. The van der Waals surface area contributed by atoms with Crippen LogP contribution in [0.5, 0.6) is 0 Å². The van der Waals surface area contributed by atoms with E-state index in [9.17, 15) is 9.59 Å². The standard InChI is InChI=1S/C17H23N5O2S/c1-4-18-16(24)19-15(23)12(3)25-17-21-20-14(22(17)5-2)11-13-9-7-6-8-10-13/h6-10,12H,4-5,11H2,1-3H3,(H2,18,19,23,24). The van der Waals surface area contributed by atoms with Crippen molar-refractivity contribution in [2.24, 2.45) is 0 Å². The Hall–Kier alpha value is -2.35. The molecule has 0 bridgehead atoms. The van der Waals surface area contributed by atoms with E-state index in [2.05, 4.69) is 20.8 Å². The summed E-state index contributed by atoms with van der Waals surface area (Å²) in [5, 5.41) is 13.6. The van der Waals surface area contributed by atoms with Crippen molar-refractivity contribution < 1.29 is 9.59 Å². The molecule has 1 heterocycles. The Morgan fingerprint density at radius 2 is 1.92 bits per heavy atom. The molecular formula is C17H23N5O2S. The van der Waals surface area contributed by atoms with Gasteiger partial charge in [-0.25, -0.2) is 4.79 Å². The van der Waals surface area contributed by atoms with Crippen LogP contribution < -0.4 is 10.6 Å². The fourth-order valence-corrected chi connectivity index (χ4v) is 3.19. The Bertz CT molecular complexity index is 717. The van der Waals surface area contributed by atoms with Gasteiger partial charge in [0.05, 0.1) is 5.25 Å². The van der Waals surface area contributed by atoms with Crippen LogP contribution >= 0.6 is 11.8 Å². The van der Waals surface area contributed by atoms with Crippen molar-refractivity contribution in [3.8, 4) is 0 Å². The number of amides is 3. The largest absolute Gasteiger partial charge is 0.338 e. The van der Waals surface area contributed by atoms with E-state index in [1.54, 1.807) is 13.8 Å². The SMILES string of the molecule is CCNC(=O)NC(=O)C(C)Sc1nnc(Cc2ccccc2)n1CC. The third-order valence-corrected chi connectivity index (χ3v) is 4.62. The highest BCUT2D eigenvalue weighted by atomic mass is 32.2. The molecule has 0 saturated carbocycles. The number of rotatable bonds is 7. The second-order valence-electron chi connectivity index (χ2n) is 5.41. The van der Waals surface area contributed by atoms with E-state index in [1.807, 2.05) is 41.8 Å². The molecule has 0 aliphatic heterocycles. The van der Waals surface area contributed by atoms with Crippen LogP contribution in [-0.4, -0.2) is 38.5 Å². The molecule has 7 nitrogen and oxygen atoms in total. The summed E-state index contributed by atoms with van der Waals surface area (Å²) in [6, 6.07) is 9.57. The molecule has 1 aromatic heterocycles. The monoisotopic (exact) mass is 361 g/mol. The van der Waals surface area contributed by atoms with Gasteiger partial charge in [0.2, 0.25) is 5.91 Å². The molecule has 2 rings (SSSR count).